The third-order valence-electron chi connectivity index (χ3n) is 2.53. The monoisotopic (exact) mass is 335 g/mol. The van der Waals surface area contributed by atoms with E-state index in [2.05, 4.69) is 16.2 Å². The van der Waals surface area contributed by atoms with Gasteiger partial charge in [-0.25, -0.2) is 0 Å². The van der Waals surface area contributed by atoms with E-state index >= 15 is 0 Å². The number of ether oxygens (including phenoxy) is 1. The number of carbonyl (C=O) groups is 1. The molecule has 3 N–H and O–H groups in total. The van der Waals surface area contributed by atoms with Crippen LogP contribution in [0.4, 0.5) is 5.69 Å². The predicted octanol–water partition coefficient (Wildman–Crippen LogP) is 2.74. The Balaban J connectivity index is 1.69. The van der Waals surface area contributed by atoms with Crippen molar-refractivity contribution in [2.45, 2.75) is 0 Å². The Morgan fingerprint density at radius 1 is 1.05 bits per heavy atom. The number of hydrogen-bond donors (Lipinski definition) is 3. The van der Waals surface area contributed by atoms with Crippen LogP contribution in [-0.4, -0.2) is 17.6 Å². The van der Waals surface area contributed by atoms with E-state index < -0.39 is 0 Å². The van der Waals surface area contributed by atoms with Crippen LogP contribution in [0, 0.1) is 0 Å². The second kappa shape index (κ2) is 8.21. The molecule has 2 aromatic rings. The molecule has 0 aromatic heterocycles. The van der Waals surface area contributed by atoms with E-state index in [-0.39, 0.29) is 17.6 Å². The van der Waals surface area contributed by atoms with Crippen molar-refractivity contribution in [1.29, 1.82) is 0 Å². The molecule has 0 aliphatic rings. The molecule has 0 saturated carbocycles. The van der Waals surface area contributed by atoms with Crippen LogP contribution in [0.1, 0.15) is 0 Å². The summed E-state index contributed by atoms with van der Waals surface area (Å²) in [6.07, 6.45) is 0. The van der Waals surface area contributed by atoms with E-state index in [0.29, 0.717) is 10.8 Å². The van der Waals surface area contributed by atoms with Gasteiger partial charge >= 0.3 is 0 Å². The highest BCUT2D eigenvalue weighted by Crippen LogP contribution is 2.15. The minimum absolute atomic E-state index is 0.136. The fourth-order valence-corrected chi connectivity index (χ4v) is 1.82. The molecular formula is C15H14ClN3O2S. The summed E-state index contributed by atoms with van der Waals surface area (Å²) >= 11 is 10.8. The van der Waals surface area contributed by atoms with E-state index in [1.54, 1.807) is 24.3 Å². The molecule has 0 fully saturated rings. The molecule has 0 unspecified atom stereocenters. The summed E-state index contributed by atoms with van der Waals surface area (Å²) in [6, 6.07) is 16.1. The first-order valence-electron chi connectivity index (χ1n) is 6.43. The van der Waals surface area contributed by atoms with Crippen molar-refractivity contribution in [1.82, 2.24) is 10.9 Å². The lowest BCUT2D eigenvalue weighted by Gasteiger charge is -2.12. The highest BCUT2D eigenvalue weighted by molar-refractivity contribution is 7.80. The number of carbonyl (C=O) groups excluding carboxylic acids is 1. The van der Waals surface area contributed by atoms with Crippen LogP contribution < -0.4 is 20.9 Å². The van der Waals surface area contributed by atoms with Crippen LogP contribution in [0.3, 0.4) is 0 Å². The van der Waals surface area contributed by atoms with Gasteiger partial charge in [0.05, 0.1) is 0 Å². The van der Waals surface area contributed by atoms with Gasteiger partial charge in [-0.1, -0.05) is 29.8 Å². The highest BCUT2D eigenvalue weighted by atomic mass is 35.5. The van der Waals surface area contributed by atoms with Crippen LogP contribution >= 0.6 is 23.8 Å². The number of para-hydroxylation sites is 1. The molecule has 2 rings (SSSR count). The van der Waals surface area contributed by atoms with Gasteiger partial charge in [0.15, 0.2) is 11.7 Å². The van der Waals surface area contributed by atoms with Crippen molar-refractivity contribution in [3.63, 3.8) is 0 Å². The second-order valence-corrected chi connectivity index (χ2v) is 5.08. The zero-order valence-electron chi connectivity index (χ0n) is 11.5. The van der Waals surface area contributed by atoms with Crippen LogP contribution in [-0.2, 0) is 4.79 Å². The first kappa shape index (κ1) is 16.1. The first-order chi connectivity index (χ1) is 10.6. The lowest BCUT2D eigenvalue weighted by Crippen LogP contribution is -2.45. The average Bonchev–Trinajstić information content (AvgIpc) is 2.53. The number of hydrogen-bond acceptors (Lipinski definition) is 3. The van der Waals surface area contributed by atoms with Crippen molar-refractivity contribution in [3.8, 4) is 5.75 Å². The highest BCUT2D eigenvalue weighted by Gasteiger charge is 2.03. The van der Waals surface area contributed by atoms with Crippen molar-refractivity contribution < 1.29 is 9.53 Å². The zero-order chi connectivity index (χ0) is 15.8. The number of benzene rings is 2. The summed E-state index contributed by atoms with van der Waals surface area (Å²) in [5, 5.41) is 3.82. The second-order valence-electron chi connectivity index (χ2n) is 4.24. The minimum atomic E-state index is -0.354. The predicted molar refractivity (Wildman–Crippen MR) is 90.9 cm³/mol. The van der Waals surface area contributed by atoms with E-state index in [1.165, 1.54) is 0 Å². The SMILES string of the molecule is O=C(COc1ccc(Cl)cc1)NNC(=S)Nc1ccccc1. The van der Waals surface area contributed by atoms with E-state index in [9.17, 15) is 4.79 Å². The average molecular weight is 336 g/mol. The number of hydrazine groups is 1. The third kappa shape index (κ3) is 5.59. The maximum absolute atomic E-state index is 11.6. The summed E-state index contributed by atoms with van der Waals surface area (Å²) in [7, 11) is 0. The number of amides is 1. The molecule has 0 radical (unpaired) electrons. The van der Waals surface area contributed by atoms with Gasteiger partial charge in [-0.15, -0.1) is 0 Å². The summed E-state index contributed by atoms with van der Waals surface area (Å²) in [5.41, 5.74) is 5.86. The Morgan fingerprint density at radius 3 is 2.41 bits per heavy atom. The molecule has 114 valence electrons. The van der Waals surface area contributed by atoms with Gasteiger partial charge in [-0.2, -0.15) is 0 Å². The van der Waals surface area contributed by atoms with Gasteiger partial charge in [0.1, 0.15) is 5.75 Å². The van der Waals surface area contributed by atoms with Crippen LogP contribution in [0.25, 0.3) is 0 Å². The molecule has 0 atom stereocenters. The summed E-state index contributed by atoms with van der Waals surface area (Å²) in [5.74, 6) is 0.205. The Hall–Kier alpha value is -2.31. The van der Waals surface area contributed by atoms with Crippen LogP contribution in [0.2, 0.25) is 5.02 Å². The molecule has 0 aliphatic carbocycles. The fraction of sp³-hybridized carbons (Fsp3) is 0.0667. The van der Waals surface area contributed by atoms with Gasteiger partial charge in [0.2, 0.25) is 0 Å². The van der Waals surface area contributed by atoms with Gasteiger partial charge in [-0.3, -0.25) is 15.6 Å². The molecule has 0 spiro atoms. The molecular weight excluding hydrogens is 322 g/mol. The fourth-order valence-electron chi connectivity index (χ4n) is 1.53. The van der Waals surface area contributed by atoms with Crippen molar-refractivity contribution in [3.05, 3.63) is 59.6 Å². The molecule has 2 aromatic carbocycles. The summed E-state index contributed by atoms with van der Waals surface area (Å²) < 4.78 is 5.30. The quantitative estimate of drug-likeness (QED) is 0.592. The van der Waals surface area contributed by atoms with Crippen LogP contribution in [0.5, 0.6) is 5.75 Å². The molecule has 0 aliphatic heterocycles. The van der Waals surface area contributed by atoms with E-state index in [1.807, 2.05) is 30.3 Å². The largest absolute Gasteiger partial charge is 0.484 e. The maximum Gasteiger partial charge on any atom is 0.276 e. The van der Waals surface area contributed by atoms with Crippen LogP contribution in [0.15, 0.2) is 54.6 Å². The smallest absolute Gasteiger partial charge is 0.276 e. The standard InChI is InChI=1S/C15H14ClN3O2S/c16-11-6-8-13(9-7-11)21-10-14(20)18-19-15(22)17-12-4-2-1-3-5-12/h1-9H,10H2,(H,18,20)(H2,17,19,22). The third-order valence-corrected chi connectivity index (χ3v) is 2.99. The molecule has 0 saturated heterocycles. The Kier molecular flexibility index (Phi) is 6.00. The van der Waals surface area contributed by atoms with E-state index in [4.69, 9.17) is 28.6 Å². The molecule has 0 bridgehead atoms. The topological polar surface area (TPSA) is 62.4 Å². The van der Waals surface area contributed by atoms with Gasteiger partial charge in [0.25, 0.3) is 5.91 Å². The van der Waals surface area contributed by atoms with Gasteiger partial charge in [0, 0.05) is 10.7 Å². The lowest BCUT2D eigenvalue weighted by molar-refractivity contribution is -0.123. The minimum Gasteiger partial charge on any atom is -0.484 e. The molecule has 7 heteroatoms. The van der Waals surface area contributed by atoms with Crippen molar-refractivity contribution in [2.24, 2.45) is 0 Å². The molecule has 22 heavy (non-hydrogen) atoms. The summed E-state index contributed by atoms with van der Waals surface area (Å²) in [4.78, 5) is 11.6. The molecule has 1 amide bonds. The number of thiocarbonyl (C=S) groups is 1. The normalized spacial score (nSPS) is 9.68. The molecule has 0 heterocycles. The lowest BCUT2D eigenvalue weighted by atomic mass is 10.3. The van der Waals surface area contributed by atoms with E-state index in [0.717, 1.165) is 5.69 Å². The first-order valence-corrected chi connectivity index (χ1v) is 7.21. The Bertz CT molecular complexity index is 635. The number of anilines is 1. The zero-order valence-corrected chi connectivity index (χ0v) is 13.1. The van der Waals surface area contributed by atoms with Crippen molar-refractivity contribution in [2.75, 3.05) is 11.9 Å². The Morgan fingerprint density at radius 2 is 1.73 bits per heavy atom. The Labute approximate surface area is 138 Å². The number of rotatable bonds is 4. The van der Waals surface area contributed by atoms with Crippen molar-refractivity contribution >= 4 is 40.5 Å². The van der Waals surface area contributed by atoms with Gasteiger partial charge in [-0.05, 0) is 48.6 Å². The number of halogens is 1. The maximum atomic E-state index is 11.6. The molecule has 5 nitrogen and oxygen atoms in total. The number of nitrogens with one attached hydrogen (secondary N) is 3. The summed E-state index contributed by atoms with van der Waals surface area (Å²) in [6.45, 7) is -0.136. The van der Waals surface area contributed by atoms with Gasteiger partial charge < -0.3 is 10.1 Å².